The standard InChI is InChI=1S/C18H18O5.C15H11F3O3.C15H8N2O3.C15H10O7.C13H10O3.CO2/c1-3-13-5-9-15(10-6-13)22-18(20)23-16-11-7-14(8-12-16)17(19)21-4-2;1-10-2-6-12(7-3-10)20-14(19)21-13-8-4-11(5-9-13)15(16,17)18;1-17-12-4-8-14(9-5-12)20-15(18)19-13-6-2-11(10-16)3-7-13;16-9-20-11-5-7-13(8-6-11)22-15(19)21-12-3-1-10(2-4-12)14(17)18;14-13(15-11-7-3-1-4-8-11)16-12-9-5-2-6-10-12;2-1-3/h5-12H,3-4H2,1-2H3;2-9H,1H3;2-9H;1-9H,(H,17,18);1-10H;. The molecule has 0 fully saturated rings. The highest BCUT2D eigenvalue weighted by Gasteiger charge is 2.30. The summed E-state index contributed by atoms with van der Waals surface area (Å²) in [6.07, 6.45) is -7.72. The van der Waals surface area contributed by atoms with Crippen molar-refractivity contribution in [2.24, 2.45) is 0 Å². The molecule has 534 valence electrons. The number of carbonyl (C=O) groups excluding carboxylic acids is 9. The molecule has 1 N–H and O–H groups in total. The number of aromatic carboxylic acids is 1. The quantitative estimate of drug-likeness (QED) is 0.0406. The van der Waals surface area contributed by atoms with Gasteiger partial charge in [-0.25, -0.2) is 38.4 Å². The molecule has 0 heterocycles. The van der Waals surface area contributed by atoms with Crippen molar-refractivity contribution in [2.75, 3.05) is 6.61 Å². The van der Waals surface area contributed by atoms with Crippen molar-refractivity contribution in [1.82, 2.24) is 0 Å². The highest BCUT2D eigenvalue weighted by atomic mass is 19.4. The Morgan fingerprint density at radius 1 is 0.438 bits per heavy atom. The molecular weight excluding hydrogens is 1380 g/mol. The van der Waals surface area contributed by atoms with Crippen LogP contribution in [-0.2, 0) is 31.7 Å². The number of carboxylic acids is 1. The second-order valence-electron chi connectivity index (χ2n) is 19.8. The molecule has 0 bridgehead atoms. The number of rotatable bonds is 16. The number of nitriles is 1. The van der Waals surface area contributed by atoms with Gasteiger partial charge in [0.1, 0.15) is 63.2 Å². The molecule has 0 saturated heterocycles. The van der Waals surface area contributed by atoms with Crippen molar-refractivity contribution in [2.45, 2.75) is 33.4 Å². The lowest BCUT2D eigenvalue weighted by Crippen LogP contribution is -2.14. The number of hydrogen-bond donors (Lipinski definition) is 1. The molecule has 0 aliphatic carbocycles. The van der Waals surface area contributed by atoms with Gasteiger partial charge in [-0.3, -0.25) is 4.79 Å². The van der Waals surface area contributed by atoms with Crippen LogP contribution < -0.4 is 52.1 Å². The molecule has 10 aromatic rings. The molecule has 0 aliphatic heterocycles. The van der Waals surface area contributed by atoms with Gasteiger partial charge in [0.15, 0.2) is 5.69 Å². The van der Waals surface area contributed by atoms with Crippen molar-refractivity contribution >= 4 is 61.0 Å². The summed E-state index contributed by atoms with van der Waals surface area (Å²) in [5.74, 6) is 1.61. The molecular formula is C77H57F3N2O23. The van der Waals surface area contributed by atoms with E-state index in [2.05, 4.69) is 9.58 Å². The first-order valence-electron chi connectivity index (χ1n) is 30.2. The van der Waals surface area contributed by atoms with Gasteiger partial charge in [0.05, 0.1) is 41.5 Å². The van der Waals surface area contributed by atoms with E-state index in [1.165, 1.54) is 121 Å². The van der Waals surface area contributed by atoms with Gasteiger partial charge in [0, 0.05) is 0 Å². The largest absolute Gasteiger partial charge is 0.519 e. The summed E-state index contributed by atoms with van der Waals surface area (Å²) in [5, 5.41) is 17.4. The molecule has 10 aromatic carbocycles. The Bertz CT molecular complexity index is 4440. The first-order valence-corrected chi connectivity index (χ1v) is 30.2. The van der Waals surface area contributed by atoms with Crippen molar-refractivity contribution in [3.63, 3.8) is 0 Å². The van der Waals surface area contributed by atoms with Crippen molar-refractivity contribution in [3.8, 4) is 69.3 Å². The van der Waals surface area contributed by atoms with Crippen LogP contribution in [0.25, 0.3) is 4.85 Å². The third-order valence-electron chi connectivity index (χ3n) is 12.5. The van der Waals surface area contributed by atoms with Gasteiger partial charge in [-0.2, -0.15) is 28.0 Å². The Labute approximate surface area is 595 Å². The van der Waals surface area contributed by atoms with E-state index in [-0.39, 0.29) is 58.4 Å². The van der Waals surface area contributed by atoms with Crippen LogP contribution in [0.4, 0.5) is 42.8 Å². The van der Waals surface area contributed by atoms with Crippen molar-refractivity contribution in [1.29, 1.82) is 5.26 Å². The van der Waals surface area contributed by atoms with Gasteiger partial charge in [0.25, 0.3) is 6.47 Å². The van der Waals surface area contributed by atoms with Crippen LogP contribution in [0.3, 0.4) is 0 Å². The number of hydrogen-bond acceptors (Lipinski definition) is 23. The molecule has 0 aliphatic rings. The Morgan fingerprint density at radius 2 is 0.733 bits per heavy atom. The minimum atomic E-state index is -4.43. The normalized spacial score (nSPS) is 9.68. The van der Waals surface area contributed by atoms with Gasteiger partial charge in [-0.1, -0.05) is 85.3 Å². The lowest BCUT2D eigenvalue weighted by molar-refractivity contribution is -0.191. The van der Waals surface area contributed by atoms with Gasteiger partial charge in [0.2, 0.25) is 0 Å². The lowest BCUT2D eigenvalue weighted by atomic mass is 10.2. The van der Waals surface area contributed by atoms with Gasteiger partial charge in [-0.15, -0.1) is 0 Å². The van der Waals surface area contributed by atoms with Crippen LogP contribution in [0.2, 0.25) is 0 Å². The molecule has 0 radical (unpaired) electrons. The second-order valence-corrected chi connectivity index (χ2v) is 19.8. The van der Waals surface area contributed by atoms with Gasteiger partial charge < -0.3 is 61.9 Å². The number of aryl methyl sites for hydroxylation is 2. The summed E-state index contributed by atoms with van der Waals surface area (Å²) in [5.41, 5.74) is 2.73. The lowest BCUT2D eigenvalue weighted by Gasteiger charge is -2.08. The van der Waals surface area contributed by atoms with E-state index in [1.807, 2.05) is 44.2 Å². The predicted octanol–water partition coefficient (Wildman–Crippen LogP) is 17.5. The fourth-order valence-corrected chi connectivity index (χ4v) is 7.52. The fourth-order valence-electron chi connectivity index (χ4n) is 7.52. The molecule has 0 unspecified atom stereocenters. The number of carboxylic acid groups (broad SMARTS) is 1. The molecule has 25 nitrogen and oxygen atoms in total. The van der Waals surface area contributed by atoms with Crippen LogP contribution in [0.1, 0.15) is 56.8 Å². The van der Waals surface area contributed by atoms with E-state index >= 15 is 0 Å². The maximum Gasteiger partial charge on any atom is 0.519 e. The van der Waals surface area contributed by atoms with Crippen LogP contribution in [-0.4, -0.2) is 67.1 Å². The van der Waals surface area contributed by atoms with Crippen LogP contribution in [0.15, 0.2) is 255 Å². The number of benzene rings is 10. The number of ether oxygens (including phenoxy) is 12. The average molecular weight is 1440 g/mol. The summed E-state index contributed by atoms with van der Waals surface area (Å²) < 4.78 is 96.0. The smallest absolute Gasteiger partial charge is 0.478 e. The van der Waals surface area contributed by atoms with E-state index in [0.29, 0.717) is 46.4 Å². The number of alkyl halides is 3. The summed E-state index contributed by atoms with van der Waals surface area (Å²) >= 11 is 0. The maximum atomic E-state index is 12.4. The summed E-state index contributed by atoms with van der Waals surface area (Å²) in [7, 11) is 0. The summed E-state index contributed by atoms with van der Waals surface area (Å²) in [6, 6.07) is 66.4. The van der Waals surface area contributed by atoms with Crippen molar-refractivity contribution < 1.29 is 123 Å². The number of nitrogens with zero attached hydrogens (tertiary/aromatic N) is 2. The zero-order valence-corrected chi connectivity index (χ0v) is 55.2. The minimum Gasteiger partial charge on any atom is -0.478 e. The Kier molecular flexibility index (Phi) is 33.5. The maximum absolute atomic E-state index is 12.4. The number of carbonyl (C=O) groups is 8. The van der Waals surface area contributed by atoms with Crippen LogP contribution in [0.5, 0.6) is 63.2 Å². The molecule has 28 heteroatoms. The predicted molar refractivity (Wildman–Crippen MR) is 362 cm³/mol. The van der Waals surface area contributed by atoms with Crippen LogP contribution >= 0.6 is 0 Å². The Balaban J connectivity index is 0.000000234. The first-order chi connectivity index (χ1) is 50.5. The van der Waals surface area contributed by atoms with E-state index in [4.69, 9.17) is 78.6 Å². The average Bonchev–Trinajstić information content (AvgIpc) is 0.865. The highest BCUT2D eigenvalue weighted by Crippen LogP contribution is 2.31. The molecule has 0 amide bonds. The monoisotopic (exact) mass is 1430 g/mol. The molecule has 10 rings (SSSR count). The molecule has 0 aromatic heterocycles. The summed E-state index contributed by atoms with van der Waals surface area (Å²) in [4.78, 5) is 109. The fraction of sp³-hybridized carbons (Fsp3) is 0.0779. The van der Waals surface area contributed by atoms with E-state index < -0.39 is 54.5 Å². The van der Waals surface area contributed by atoms with E-state index in [0.717, 1.165) is 41.8 Å². The third kappa shape index (κ3) is 31.2. The number of para-hydroxylation sites is 2. The molecule has 105 heavy (non-hydrogen) atoms. The van der Waals surface area contributed by atoms with Crippen LogP contribution in [0, 0.1) is 24.8 Å². The molecule has 0 atom stereocenters. The molecule has 0 saturated carbocycles. The molecule has 0 spiro atoms. The SMILES string of the molecule is CCOC(=O)c1ccc(OC(=O)Oc2ccc(CC)cc2)cc1.Cc1ccc(OC(=O)Oc2ccc(C(F)(F)F)cc2)cc1.O=C(Oc1ccccc1)Oc1ccccc1.O=C=O.O=COc1ccc(OC(=O)Oc2ccc(C(=O)O)cc2)cc1.[C-]#[N+]c1ccc(OC(=O)Oc2ccc(C#N)cc2)cc1. The Hall–Kier alpha value is -14.9. The summed E-state index contributed by atoms with van der Waals surface area (Å²) in [6.45, 7) is 13.1. The zero-order valence-electron chi connectivity index (χ0n) is 55.2. The third-order valence-corrected chi connectivity index (χ3v) is 12.5. The highest BCUT2D eigenvalue weighted by molar-refractivity contribution is 5.89. The second kappa shape index (κ2) is 43.5. The van der Waals surface area contributed by atoms with Gasteiger partial charge >= 0.3 is 55.0 Å². The van der Waals surface area contributed by atoms with Crippen molar-refractivity contribution in [3.05, 3.63) is 300 Å². The number of esters is 1. The van der Waals surface area contributed by atoms with E-state index in [1.54, 1.807) is 91.9 Å². The van der Waals surface area contributed by atoms with Gasteiger partial charge in [-0.05, 0) is 208 Å². The topological polar surface area (TPSA) is 330 Å². The van der Waals surface area contributed by atoms with E-state index in [9.17, 15) is 51.5 Å². The number of halogens is 3. The Morgan fingerprint density at radius 3 is 1.05 bits per heavy atom. The first kappa shape index (κ1) is 80.8. The minimum absolute atomic E-state index is 0.0277. The zero-order chi connectivity index (χ0) is 76.4.